The number of hydrogen-bond acceptors (Lipinski definition) is 8. The number of nitrogens with zero attached hydrogens (tertiary/aromatic N) is 7. The molecule has 0 spiro atoms. The average Bonchev–Trinajstić information content (AvgIpc) is 3.55. The first-order chi connectivity index (χ1) is 19.4. The third-order valence-electron chi connectivity index (χ3n) is 6.21. The Kier molecular flexibility index (Phi) is 9.52. The highest BCUT2D eigenvalue weighted by Crippen LogP contribution is 2.27. The maximum Gasteiger partial charge on any atom is 0.394 e. The molecular formula is C25H31F4N9O3. The third-order valence-corrected chi connectivity index (χ3v) is 6.21. The van der Waals surface area contributed by atoms with Gasteiger partial charge in [-0.2, -0.15) is 8.78 Å². The van der Waals surface area contributed by atoms with Crippen LogP contribution in [-0.4, -0.2) is 78.4 Å². The van der Waals surface area contributed by atoms with Gasteiger partial charge in [0.1, 0.15) is 5.75 Å². The number of aromatic nitrogens is 6. The second-order valence-electron chi connectivity index (χ2n) is 9.86. The molecule has 3 heterocycles. The van der Waals surface area contributed by atoms with Gasteiger partial charge < -0.3 is 15.4 Å². The predicted molar refractivity (Wildman–Crippen MR) is 137 cm³/mol. The highest BCUT2D eigenvalue weighted by Gasteiger charge is 2.34. The van der Waals surface area contributed by atoms with E-state index in [4.69, 9.17) is 0 Å². The van der Waals surface area contributed by atoms with Crippen molar-refractivity contribution in [2.24, 2.45) is 0 Å². The van der Waals surface area contributed by atoms with Gasteiger partial charge in [0.2, 0.25) is 5.91 Å². The molecule has 41 heavy (non-hydrogen) atoms. The molecule has 1 aliphatic heterocycles. The van der Waals surface area contributed by atoms with Gasteiger partial charge in [0, 0.05) is 52.5 Å². The molecule has 0 aliphatic carbocycles. The maximum absolute atomic E-state index is 13.3. The Morgan fingerprint density at radius 3 is 2.44 bits per heavy atom. The Morgan fingerprint density at radius 1 is 1.05 bits per heavy atom. The number of ether oxygens (including phenoxy) is 1. The minimum atomic E-state index is -3.31. The maximum atomic E-state index is 13.3. The number of carbonyl (C=O) groups excluding carboxylic acids is 2. The summed E-state index contributed by atoms with van der Waals surface area (Å²) in [5.41, 5.74) is 0.699. The minimum Gasteiger partial charge on any atom is -0.433 e. The van der Waals surface area contributed by atoms with Crippen LogP contribution < -0.4 is 15.4 Å². The number of rotatable bonds is 13. The number of hydrogen-bond donors (Lipinski definition) is 2. The highest BCUT2D eigenvalue weighted by atomic mass is 19.3. The van der Waals surface area contributed by atoms with Gasteiger partial charge in [-0.05, 0) is 30.5 Å². The van der Waals surface area contributed by atoms with Crippen molar-refractivity contribution in [1.29, 1.82) is 0 Å². The van der Waals surface area contributed by atoms with Crippen molar-refractivity contribution in [3.63, 3.8) is 0 Å². The average molecular weight is 582 g/mol. The molecule has 0 radical (unpaired) electrons. The zero-order chi connectivity index (χ0) is 29.5. The fraction of sp³-hybridized carbons (Fsp3) is 0.520. The molecule has 0 saturated carbocycles. The van der Waals surface area contributed by atoms with Gasteiger partial charge in [-0.25, -0.2) is 8.78 Å². The molecule has 0 atom stereocenters. The van der Waals surface area contributed by atoms with Gasteiger partial charge in [-0.3, -0.25) is 23.9 Å². The van der Waals surface area contributed by atoms with Crippen LogP contribution in [0.1, 0.15) is 48.7 Å². The topological polar surface area (TPSA) is 132 Å². The monoisotopic (exact) mass is 581 g/mol. The first kappa shape index (κ1) is 29.9. The summed E-state index contributed by atoms with van der Waals surface area (Å²) >= 11 is 0. The number of piperidine rings is 1. The van der Waals surface area contributed by atoms with E-state index in [1.165, 1.54) is 23.0 Å². The fourth-order valence-electron chi connectivity index (χ4n) is 4.15. The van der Waals surface area contributed by atoms with Crippen LogP contribution in [0, 0.1) is 0 Å². The van der Waals surface area contributed by atoms with Gasteiger partial charge in [0.25, 0.3) is 11.8 Å². The molecule has 1 aromatic carbocycles. The van der Waals surface area contributed by atoms with E-state index in [1.54, 1.807) is 27.9 Å². The Morgan fingerprint density at radius 2 is 1.73 bits per heavy atom. The summed E-state index contributed by atoms with van der Waals surface area (Å²) in [4.78, 5) is 26.3. The summed E-state index contributed by atoms with van der Waals surface area (Å²) in [6.45, 7) is 2.11. The first-order valence-electron chi connectivity index (χ1n) is 13.1. The standard InChI is InChI=1S/C25H31F4N9O3/c1-24(26,27)41-19-6-4-5-18(13-19)14-30-23(40)20-15-37(34-32-20)9-2-3-10-38-16-21(33-35-38)31-22(39)17-36-11-7-25(28,29)8-12-36/h4-6,13,15-16H,2-3,7-12,14,17H2,1H3,(H,30,40)(H,31,39). The van der Waals surface area contributed by atoms with Crippen molar-refractivity contribution in [3.05, 3.63) is 47.9 Å². The molecule has 2 aromatic heterocycles. The van der Waals surface area contributed by atoms with E-state index in [0.717, 1.165) is 0 Å². The van der Waals surface area contributed by atoms with E-state index in [-0.39, 0.29) is 62.2 Å². The fourth-order valence-corrected chi connectivity index (χ4v) is 4.15. The van der Waals surface area contributed by atoms with E-state index in [1.807, 2.05) is 0 Å². The number of alkyl halides is 4. The summed E-state index contributed by atoms with van der Waals surface area (Å²) < 4.78 is 60.3. The lowest BCUT2D eigenvalue weighted by Gasteiger charge is -2.30. The van der Waals surface area contributed by atoms with Crippen LogP contribution in [0.2, 0.25) is 0 Å². The molecule has 222 valence electrons. The third kappa shape index (κ3) is 9.81. The lowest BCUT2D eigenvalue weighted by atomic mass is 10.1. The van der Waals surface area contributed by atoms with Crippen LogP contribution in [-0.2, 0) is 24.4 Å². The smallest absolute Gasteiger partial charge is 0.394 e. The van der Waals surface area contributed by atoms with Gasteiger partial charge in [-0.1, -0.05) is 22.6 Å². The van der Waals surface area contributed by atoms with Gasteiger partial charge in [0.05, 0.1) is 18.9 Å². The molecular weight excluding hydrogens is 550 g/mol. The van der Waals surface area contributed by atoms with E-state index in [9.17, 15) is 27.2 Å². The van der Waals surface area contributed by atoms with Crippen LogP contribution in [0.25, 0.3) is 0 Å². The van der Waals surface area contributed by atoms with Crippen LogP contribution >= 0.6 is 0 Å². The van der Waals surface area contributed by atoms with Crippen LogP contribution in [0.3, 0.4) is 0 Å². The SMILES string of the molecule is CC(F)(F)Oc1cccc(CNC(=O)c2cn(CCCCn3cc(NC(=O)CN4CCC(F)(F)CC4)nn3)nn2)c1. The van der Waals surface area contributed by atoms with Gasteiger partial charge >= 0.3 is 6.11 Å². The number of aryl methyl sites for hydroxylation is 2. The summed E-state index contributed by atoms with van der Waals surface area (Å²) in [6, 6.07) is 6.05. The first-order valence-corrected chi connectivity index (χ1v) is 13.1. The summed E-state index contributed by atoms with van der Waals surface area (Å²) in [6.07, 6.45) is 0.691. The highest BCUT2D eigenvalue weighted by molar-refractivity contribution is 5.92. The minimum absolute atomic E-state index is 0.00770. The van der Waals surface area contributed by atoms with E-state index in [0.29, 0.717) is 38.4 Å². The van der Waals surface area contributed by atoms with Crippen molar-refractivity contribution in [2.75, 3.05) is 25.0 Å². The van der Waals surface area contributed by atoms with Crippen LogP contribution in [0.4, 0.5) is 23.4 Å². The van der Waals surface area contributed by atoms with E-state index in [2.05, 4.69) is 36.0 Å². The molecule has 1 aliphatic rings. The molecule has 16 heteroatoms. The second-order valence-corrected chi connectivity index (χ2v) is 9.86. The Balaban J connectivity index is 1.14. The molecule has 1 saturated heterocycles. The summed E-state index contributed by atoms with van der Waals surface area (Å²) in [5, 5.41) is 21.0. The number of unbranched alkanes of at least 4 members (excludes halogenated alkanes) is 1. The zero-order valence-corrected chi connectivity index (χ0v) is 22.4. The van der Waals surface area contributed by atoms with Gasteiger partial charge in [0.15, 0.2) is 11.5 Å². The van der Waals surface area contributed by atoms with Crippen molar-refractivity contribution in [1.82, 2.24) is 40.2 Å². The lowest BCUT2D eigenvalue weighted by Crippen LogP contribution is -2.43. The Bertz CT molecular complexity index is 1320. The normalized spacial score (nSPS) is 15.4. The number of halogens is 4. The Labute approximate surface area is 233 Å². The van der Waals surface area contributed by atoms with Crippen molar-refractivity contribution in [3.8, 4) is 5.75 Å². The summed E-state index contributed by atoms with van der Waals surface area (Å²) in [7, 11) is 0. The number of amides is 2. The number of likely N-dealkylation sites (tertiary alicyclic amines) is 1. The number of nitrogens with one attached hydrogen (secondary N) is 2. The van der Waals surface area contributed by atoms with E-state index < -0.39 is 17.9 Å². The largest absolute Gasteiger partial charge is 0.433 e. The molecule has 0 bridgehead atoms. The summed E-state index contributed by atoms with van der Waals surface area (Å²) in [5.74, 6) is -3.18. The van der Waals surface area contributed by atoms with Crippen LogP contribution in [0.15, 0.2) is 36.7 Å². The van der Waals surface area contributed by atoms with E-state index >= 15 is 0 Å². The molecule has 2 N–H and O–H groups in total. The Hall–Kier alpha value is -4.08. The van der Waals surface area contributed by atoms with Gasteiger partial charge in [-0.15, -0.1) is 10.2 Å². The van der Waals surface area contributed by atoms with Crippen molar-refractivity contribution in [2.45, 2.75) is 64.3 Å². The number of carbonyl (C=O) groups is 2. The molecule has 1 fully saturated rings. The van der Waals surface area contributed by atoms with Crippen molar-refractivity contribution >= 4 is 17.6 Å². The predicted octanol–water partition coefficient (Wildman–Crippen LogP) is 2.94. The number of benzene rings is 1. The lowest BCUT2D eigenvalue weighted by molar-refractivity contribution is -0.159. The molecule has 12 nitrogen and oxygen atoms in total. The second kappa shape index (κ2) is 13.1. The zero-order valence-electron chi connectivity index (χ0n) is 22.4. The molecule has 4 rings (SSSR count). The van der Waals surface area contributed by atoms with Crippen molar-refractivity contribution < 1.29 is 31.9 Å². The quantitative estimate of drug-likeness (QED) is 0.233. The molecule has 0 unspecified atom stereocenters. The molecule has 2 amide bonds. The van der Waals surface area contributed by atoms with Crippen LogP contribution in [0.5, 0.6) is 5.75 Å². The number of anilines is 1. The molecule has 3 aromatic rings.